The van der Waals surface area contributed by atoms with E-state index in [4.69, 9.17) is 4.74 Å². The Hall–Kier alpha value is -2.63. The Morgan fingerprint density at radius 3 is 2.74 bits per heavy atom. The van der Waals surface area contributed by atoms with Crippen LogP contribution in [-0.4, -0.2) is 22.8 Å². The second-order valence-corrected chi connectivity index (χ2v) is 5.46. The van der Waals surface area contributed by atoms with Crippen LogP contribution in [0.15, 0.2) is 40.2 Å². The zero-order valence-electron chi connectivity index (χ0n) is 13.7. The quantitative estimate of drug-likeness (QED) is 0.608. The summed E-state index contributed by atoms with van der Waals surface area (Å²) in [4.78, 5) is 18.5. The van der Waals surface area contributed by atoms with Crippen molar-refractivity contribution in [2.45, 2.75) is 33.1 Å². The highest BCUT2D eigenvalue weighted by Crippen LogP contribution is 2.12. The standard InChI is InChI=1S/C17H22N4O2/c1-4-9-23-14-7-5-13(6-8-14)11-18-21-17-19-15(12(2)3)10-16(22)20-17/h5-8,10-12H,4,9H2,1-3H3,(H2,19,20,21,22)/b18-11-. The summed E-state index contributed by atoms with van der Waals surface area (Å²) in [6.45, 7) is 6.74. The van der Waals surface area contributed by atoms with Gasteiger partial charge in [-0.3, -0.25) is 9.78 Å². The van der Waals surface area contributed by atoms with Crippen molar-refractivity contribution < 1.29 is 4.74 Å². The fourth-order valence-electron chi connectivity index (χ4n) is 1.86. The average molecular weight is 314 g/mol. The van der Waals surface area contributed by atoms with E-state index in [9.17, 15) is 4.79 Å². The number of aromatic nitrogens is 2. The Kier molecular flexibility index (Phi) is 5.91. The first-order valence-corrected chi connectivity index (χ1v) is 7.71. The summed E-state index contributed by atoms with van der Waals surface area (Å²) in [6.07, 6.45) is 2.64. The number of anilines is 1. The second-order valence-electron chi connectivity index (χ2n) is 5.46. The fourth-order valence-corrected chi connectivity index (χ4v) is 1.86. The van der Waals surface area contributed by atoms with Crippen LogP contribution in [0.3, 0.4) is 0 Å². The molecule has 0 aliphatic rings. The summed E-state index contributed by atoms with van der Waals surface area (Å²) in [6, 6.07) is 9.12. The molecule has 23 heavy (non-hydrogen) atoms. The molecular formula is C17H22N4O2. The van der Waals surface area contributed by atoms with Gasteiger partial charge in [-0.05, 0) is 42.2 Å². The zero-order valence-corrected chi connectivity index (χ0v) is 13.7. The van der Waals surface area contributed by atoms with Gasteiger partial charge in [0.1, 0.15) is 5.75 Å². The van der Waals surface area contributed by atoms with Gasteiger partial charge in [-0.15, -0.1) is 0 Å². The molecule has 0 aliphatic heterocycles. The molecule has 0 amide bonds. The Bertz CT molecular complexity index is 705. The van der Waals surface area contributed by atoms with Gasteiger partial charge in [0, 0.05) is 6.07 Å². The van der Waals surface area contributed by atoms with E-state index >= 15 is 0 Å². The van der Waals surface area contributed by atoms with Crippen molar-refractivity contribution in [2.75, 3.05) is 12.0 Å². The first kappa shape index (κ1) is 16.7. The van der Waals surface area contributed by atoms with Gasteiger partial charge in [0.2, 0.25) is 5.95 Å². The van der Waals surface area contributed by atoms with Crippen molar-refractivity contribution in [1.82, 2.24) is 9.97 Å². The number of rotatable bonds is 7. The third-order valence-corrected chi connectivity index (χ3v) is 3.09. The monoisotopic (exact) mass is 314 g/mol. The normalized spacial score (nSPS) is 11.1. The predicted octanol–water partition coefficient (Wildman–Crippen LogP) is 3.13. The van der Waals surface area contributed by atoms with Crippen LogP contribution in [0.2, 0.25) is 0 Å². The molecular weight excluding hydrogens is 292 g/mol. The highest BCUT2D eigenvalue weighted by atomic mass is 16.5. The van der Waals surface area contributed by atoms with Crippen LogP contribution < -0.4 is 15.7 Å². The lowest BCUT2D eigenvalue weighted by molar-refractivity contribution is 0.317. The van der Waals surface area contributed by atoms with Crippen LogP contribution in [0.1, 0.15) is 44.4 Å². The second kappa shape index (κ2) is 8.12. The SMILES string of the molecule is CCCOc1ccc(/C=N\Nc2nc(C(C)C)cc(=O)[nH]2)cc1. The molecule has 0 aliphatic carbocycles. The molecule has 0 saturated carbocycles. The number of nitrogens with one attached hydrogen (secondary N) is 2. The van der Waals surface area contributed by atoms with Gasteiger partial charge in [0.15, 0.2) is 0 Å². The Morgan fingerprint density at radius 1 is 1.35 bits per heavy atom. The number of H-pyrrole nitrogens is 1. The fraction of sp³-hybridized carbons (Fsp3) is 0.353. The molecule has 1 aromatic heterocycles. The summed E-state index contributed by atoms with van der Waals surface area (Å²) in [5.74, 6) is 1.35. The maximum Gasteiger partial charge on any atom is 0.252 e. The third-order valence-electron chi connectivity index (χ3n) is 3.09. The molecule has 0 fully saturated rings. The van der Waals surface area contributed by atoms with Crippen LogP contribution in [0.25, 0.3) is 0 Å². The zero-order chi connectivity index (χ0) is 16.7. The van der Waals surface area contributed by atoms with Crippen LogP contribution >= 0.6 is 0 Å². The molecule has 6 nitrogen and oxygen atoms in total. The molecule has 0 spiro atoms. The number of hydrogen-bond acceptors (Lipinski definition) is 5. The van der Waals surface area contributed by atoms with Gasteiger partial charge >= 0.3 is 0 Å². The summed E-state index contributed by atoms with van der Waals surface area (Å²) >= 11 is 0. The molecule has 2 aromatic rings. The first-order valence-electron chi connectivity index (χ1n) is 7.71. The van der Waals surface area contributed by atoms with E-state index in [1.165, 1.54) is 6.07 Å². The van der Waals surface area contributed by atoms with Crippen molar-refractivity contribution in [1.29, 1.82) is 0 Å². The van der Waals surface area contributed by atoms with Crippen LogP contribution in [-0.2, 0) is 0 Å². The molecule has 1 heterocycles. The third kappa shape index (κ3) is 5.25. The van der Waals surface area contributed by atoms with Crippen molar-refractivity contribution in [3.63, 3.8) is 0 Å². The summed E-state index contributed by atoms with van der Waals surface area (Å²) in [5.41, 5.74) is 4.20. The van der Waals surface area contributed by atoms with E-state index in [1.54, 1.807) is 6.21 Å². The van der Waals surface area contributed by atoms with Crippen molar-refractivity contribution >= 4 is 12.2 Å². The minimum Gasteiger partial charge on any atom is -0.494 e. The molecule has 2 N–H and O–H groups in total. The van der Waals surface area contributed by atoms with Crippen molar-refractivity contribution in [3.05, 3.63) is 51.9 Å². The van der Waals surface area contributed by atoms with Gasteiger partial charge in [-0.2, -0.15) is 5.10 Å². The highest BCUT2D eigenvalue weighted by molar-refractivity contribution is 5.80. The summed E-state index contributed by atoms with van der Waals surface area (Å²) < 4.78 is 5.52. The molecule has 0 bridgehead atoms. The number of ether oxygens (including phenoxy) is 1. The van der Waals surface area contributed by atoms with Gasteiger partial charge in [-0.25, -0.2) is 10.4 Å². The van der Waals surface area contributed by atoms with E-state index in [0.29, 0.717) is 12.6 Å². The Labute approximate surface area is 135 Å². The van der Waals surface area contributed by atoms with Crippen molar-refractivity contribution in [3.8, 4) is 5.75 Å². The topological polar surface area (TPSA) is 79.4 Å². The number of aromatic amines is 1. The highest BCUT2D eigenvalue weighted by Gasteiger charge is 2.04. The lowest BCUT2D eigenvalue weighted by atomic mass is 10.1. The number of benzene rings is 1. The molecule has 122 valence electrons. The van der Waals surface area contributed by atoms with Gasteiger partial charge in [0.05, 0.1) is 18.5 Å². The molecule has 2 rings (SSSR count). The molecule has 0 unspecified atom stereocenters. The van der Waals surface area contributed by atoms with Crippen LogP contribution in [0, 0.1) is 0 Å². The van der Waals surface area contributed by atoms with Crippen LogP contribution in [0.4, 0.5) is 5.95 Å². The number of hydrogen-bond donors (Lipinski definition) is 2. The van der Waals surface area contributed by atoms with E-state index < -0.39 is 0 Å². The molecule has 6 heteroatoms. The molecule has 1 aromatic carbocycles. The maximum atomic E-state index is 11.6. The largest absolute Gasteiger partial charge is 0.494 e. The van der Waals surface area contributed by atoms with E-state index in [1.807, 2.05) is 38.1 Å². The van der Waals surface area contributed by atoms with Crippen LogP contribution in [0.5, 0.6) is 5.75 Å². The summed E-state index contributed by atoms with van der Waals surface area (Å²) in [5, 5.41) is 4.10. The van der Waals surface area contributed by atoms with E-state index in [-0.39, 0.29) is 11.5 Å². The van der Waals surface area contributed by atoms with E-state index in [2.05, 4.69) is 27.4 Å². The minimum absolute atomic E-state index is 0.178. The predicted molar refractivity (Wildman–Crippen MR) is 92.4 cm³/mol. The van der Waals surface area contributed by atoms with Crippen molar-refractivity contribution in [2.24, 2.45) is 5.10 Å². The molecule has 0 saturated heterocycles. The Balaban J connectivity index is 2.00. The van der Waals surface area contributed by atoms with E-state index in [0.717, 1.165) is 23.4 Å². The maximum absolute atomic E-state index is 11.6. The molecule has 0 radical (unpaired) electrons. The number of nitrogens with zero attached hydrogens (tertiary/aromatic N) is 2. The lowest BCUT2D eigenvalue weighted by Gasteiger charge is -2.06. The van der Waals surface area contributed by atoms with Gasteiger partial charge < -0.3 is 4.74 Å². The first-order chi connectivity index (χ1) is 11.1. The van der Waals surface area contributed by atoms with Gasteiger partial charge in [-0.1, -0.05) is 20.8 Å². The number of hydrazone groups is 1. The molecule has 0 atom stereocenters. The lowest BCUT2D eigenvalue weighted by Crippen LogP contribution is -2.12. The smallest absolute Gasteiger partial charge is 0.252 e. The Morgan fingerprint density at radius 2 is 2.09 bits per heavy atom. The minimum atomic E-state index is -0.196. The summed E-state index contributed by atoms with van der Waals surface area (Å²) in [7, 11) is 0. The average Bonchev–Trinajstić information content (AvgIpc) is 2.53. The van der Waals surface area contributed by atoms with Gasteiger partial charge in [0.25, 0.3) is 5.56 Å².